The molecule has 0 amide bonds. The van der Waals surface area contributed by atoms with E-state index in [1.807, 2.05) is 0 Å². The van der Waals surface area contributed by atoms with Crippen LogP contribution in [0, 0.1) is 0 Å². The summed E-state index contributed by atoms with van der Waals surface area (Å²) in [5.74, 6) is 0. The maximum Gasteiger partial charge on any atom is 0.0195 e. The zero-order valence-electron chi connectivity index (χ0n) is 11.0. The largest absolute Gasteiger partial charge is 0.313 e. The van der Waals surface area contributed by atoms with E-state index in [0.717, 1.165) is 6.54 Å². The van der Waals surface area contributed by atoms with Crippen LogP contribution in [0.3, 0.4) is 0 Å². The standard InChI is InChI=1S/C13H28N2/c1-5-8-12(14-6-2)11-15-10-7-9-13(15,3)4/h12,14H,5-11H2,1-4H3. The highest BCUT2D eigenvalue weighted by Crippen LogP contribution is 2.28. The van der Waals surface area contributed by atoms with Gasteiger partial charge in [-0.05, 0) is 46.2 Å². The summed E-state index contributed by atoms with van der Waals surface area (Å²) in [4.78, 5) is 2.66. The predicted octanol–water partition coefficient (Wildman–Crippen LogP) is 2.64. The van der Waals surface area contributed by atoms with E-state index in [1.165, 1.54) is 38.8 Å². The highest BCUT2D eigenvalue weighted by Gasteiger charge is 2.32. The Morgan fingerprint density at radius 1 is 1.33 bits per heavy atom. The fourth-order valence-corrected chi connectivity index (χ4v) is 2.66. The maximum absolute atomic E-state index is 3.61. The molecule has 2 heteroatoms. The molecule has 1 atom stereocenters. The summed E-state index contributed by atoms with van der Waals surface area (Å²) in [6.07, 6.45) is 5.32. The Labute approximate surface area is 95.4 Å². The van der Waals surface area contributed by atoms with E-state index in [2.05, 4.69) is 37.9 Å². The highest BCUT2D eigenvalue weighted by molar-refractivity contribution is 4.89. The van der Waals surface area contributed by atoms with Gasteiger partial charge in [-0.25, -0.2) is 0 Å². The molecule has 2 nitrogen and oxygen atoms in total. The number of likely N-dealkylation sites (N-methyl/N-ethyl adjacent to an activating group) is 1. The van der Waals surface area contributed by atoms with Gasteiger partial charge in [0.05, 0.1) is 0 Å². The molecule has 90 valence electrons. The van der Waals surface area contributed by atoms with Crippen molar-refractivity contribution in [2.75, 3.05) is 19.6 Å². The smallest absolute Gasteiger partial charge is 0.0195 e. The van der Waals surface area contributed by atoms with E-state index in [9.17, 15) is 0 Å². The maximum atomic E-state index is 3.61. The van der Waals surface area contributed by atoms with Gasteiger partial charge in [-0.1, -0.05) is 20.3 Å². The van der Waals surface area contributed by atoms with Crippen LogP contribution < -0.4 is 5.32 Å². The van der Waals surface area contributed by atoms with Crippen LogP contribution in [0.5, 0.6) is 0 Å². The normalized spacial score (nSPS) is 23.2. The molecule has 0 spiro atoms. The first-order valence-corrected chi connectivity index (χ1v) is 6.58. The Kier molecular flexibility index (Phi) is 5.07. The van der Waals surface area contributed by atoms with Crippen molar-refractivity contribution in [1.82, 2.24) is 10.2 Å². The minimum atomic E-state index is 0.432. The SMILES string of the molecule is CCCC(CN1CCCC1(C)C)NCC. The van der Waals surface area contributed by atoms with E-state index in [4.69, 9.17) is 0 Å². The lowest BCUT2D eigenvalue weighted by Gasteiger charge is -2.34. The van der Waals surface area contributed by atoms with E-state index in [1.54, 1.807) is 0 Å². The number of hydrogen-bond donors (Lipinski definition) is 1. The molecule has 1 rings (SSSR count). The second kappa shape index (κ2) is 5.86. The minimum absolute atomic E-state index is 0.432. The molecule has 1 fully saturated rings. The molecule has 1 unspecified atom stereocenters. The number of nitrogens with one attached hydrogen (secondary N) is 1. The van der Waals surface area contributed by atoms with Crippen molar-refractivity contribution in [3.63, 3.8) is 0 Å². The molecule has 1 N–H and O–H groups in total. The fraction of sp³-hybridized carbons (Fsp3) is 1.00. The van der Waals surface area contributed by atoms with Gasteiger partial charge in [0.2, 0.25) is 0 Å². The summed E-state index contributed by atoms with van der Waals surface area (Å²) in [6, 6.07) is 0.692. The summed E-state index contributed by atoms with van der Waals surface area (Å²) in [5.41, 5.74) is 0.432. The molecule has 0 aromatic carbocycles. The van der Waals surface area contributed by atoms with Gasteiger partial charge in [0.15, 0.2) is 0 Å². The van der Waals surface area contributed by atoms with Gasteiger partial charge in [0.1, 0.15) is 0 Å². The molecule has 1 aliphatic heterocycles. The van der Waals surface area contributed by atoms with Crippen molar-refractivity contribution in [1.29, 1.82) is 0 Å². The number of hydrogen-bond acceptors (Lipinski definition) is 2. The number of likely N-dealkylation sites (tertiary alicyclic amines) is 1. The molecule has 1 heterocycles. The zero-order chi connectivity index (χ0) is 11.3. The highest BCUT2D eigenvalue weighted by atomic mass is 15.2. The predicted molar refractivity (Wildman–Crippen MR) is 67.3 cm³/mol. The third kappa shape index (κ3) is 3.76. The molecule has 0 radical (unpaired) electrons. The average molecular weight is 212 g/mol. The van der Waals surface area contributed by atoms with Crippen molar-refractivity contribution < 1.29 is 0 Å². The molecule has 0 aromatic rings. The fourth-order valence-electron chi connectivity index (χ4n) is 2.66. The van der Waals surface area contributed by atoms with Crippen LogP contribution in [-0.2, 0) is 0 Å². The van der Waals surface area contributed by atoms with Crippen LogP contribution in [0.4, 0.5) is 0 Å². The number of rotatable bonds is 6. The number of nitrogens with zero attached hydrogens (tertiary/aromatic N) is 1. The van der Waals surface area contributed by atoms with Crippen molar-refractivity contribution in [3.8, 4) is 0 Å². The first-order chi connectivity index (χ1) is 7.10. The third-order valence-corrected chi connectivity index (χ3v) is 3.64. The van der Waals surface area contributed by atoms with Crippen molar-refractivity contribution in [2.24, 2.45) is 0 Å². The summed E-state index contributed by atoms with van der Waals surface area (Å²) in [5, 5.41) is 3.61. The van der Waals surface area contributed by atoms with E-state index < -0.39 is 0 Å². The van der Waals surface area contributed by atoms with Crippen LogP contribution in [-0.4, -0.2) is 36.1 Å². The third-order valence-electron chi connectivity index (χ3n) is 3.64. The Morgan fingerprint density at radius 2 is 2.07 bits per heavy atom. The van der Waals surface area contributed by atoms with Crippen LogP contribution in [0.1, 0.15) is 53.4 Å². The van der Waals surface area contributed by atoms with Gasteiger partial charge in [-0.3, -0.25) is 4.90 Å². The summed E-state index contributed by atoms with van der Waals surface area (Å²) in [6.45, 7) is 12.9. The van der Waals surface area contributed by atoms with Crippen molar-refractivity contribution >= 4 is 0 Å². The summed E-state index contributed by atoms with van der Waals surface area (Å²) < 4.78 is 0. The lowest BCUT2D eigenvalue weighted by molar-refractivity contribution is 0.154. The molecular weight excluding hydrogens is 184 g/mol. The molecule has 0 aromatic heterocycles. The first kappa shape index (κ1) is 13.0. The topological polar surface area (TPSA) is 15.3 Å². The van der Waals surface area contributed by atoms with Crippen LogP contribution >= 0.6 is 0 Å². The Hall–Kier alpha value is -0.0800. The van der Waals surface area contributed by atoms with Crippen molar-refractivity contribution in [3.05, 3.63) is 0 Å². The van der Waals surface area contributed by atoms with Crippen LogP contribution in [0.15, 0.2) is 0 Å². The van der Waals surface area contributed by atoms with Crippen LogP contribution in [0.2, 0.25) is 0 Å². The zero-order valence-corrected chi connectivity index (χ0v) is 11.0. The van der Waals surface area contributed by atoms with Gasteiger partial charge in [0, 0.05) is 18.1 Å². The van der Waals surface area contributed by atoms with Gasteiger partial charge in [-0.2, -0.15) is 0 Å². The summed E-state index contributed by atoms with van der Waals surface area (Å²) in [7, 11) is 0. The van der Waals surface area contributed by atoms with Gasteiger partial charge >= 0.3 is 0 Å². The molecule has 15 heavy (non-hydrogen) atoms. The van der Waals surface area contributed by atoms with E-state index in [-0.39, 0.29) is 0 Å². The van der Waals surface area contributed by atoms with E-state index >= 15 is 0 Å². The monoisotopic (exact) mass is 212 g/mol. The molecule has 0 aliphatic carbocycles. The molecule has 0 bridgehead atoms. The van der Waals surface area contributed by atoms with Gasteiger partial charge in [-0.15, -0.1) is 0 Å². The quantitative estimate of drug-likeness (QED) is 0.728. The lowest BCUT2D eigenvalue weighted by atomic mass is 10.0. The minimum Gasteiger partial charge on any atom is -0.313 e. The van der Waals surface area contributed by atoms with E-state index in [0.29, 0.717) is 11.6 Å². The lowest BCUT2D eigenvalue weighted by Crippen LogP contribution is -2.47. The second-order valence-electron chi connectivity index (χ2n) is 5.41. The Morgan fingerprint density at radius 3 is 2.53 bits per heavy atom. The Bertz CT molecular complexity index is 171. The Balaban J connectivity index is 2.42. The van der Waals surface area contributed by atoms with Gasteiger partial charge in [0.25, 0.3) is 0 Å². The molecule has 1 saturated heterocycles. The molecule has 0 saturated carbocycles. The summed E-state index contributed by atoms with van der Waals surface area (Å²) >= 11 is 0. The average Bonchev–Trinajstić information content (AvgIpc) is 2.47. The van der Waals surface area contributed by atoms with Crippen molar-refractivity contribution in [2.45, 2.75) is 65.0 Å². The second-order valence-corrected chi connectivity index (χ2v) is 5.41. The molecule has 1 aliphatic rings. The van der Waals surface area contributed by atoms with Crippen LogP contribution in [0.25, 0.3) is 0 Å². The van der Waals surface area contributed by atoms with Gasteiger partial charge < -0.3 is 5.32 Å². The molecular formula is C13H28N2. The first-order valence-electron chi connectivity index (χ1n) is 6.58.